The van der Waals surface area contributed by atoms with Gasteiger partial charge in [-0.15, -0.1) is 11.8 Å². The zero-order valence-electron chi connectivity index (χ0n) is 12.1. The van der Waals surface area contributed by atoms with Gasteiger partial charge in [0.2, 0.25) is 5.91 Å². The van der Waals surface area contributed by atoms with E-state index in [1.165, 1.54) is 4.90 Å². The van der Waals surface area contributed by atoms with Crippen LogP contribution in [-0.2, 0) is 6.54 Å². The molecule has 2 aromatic carbocycles. The van der Waals surface area contributed by atoms with Gasteiger partial charge in [-0.3, -0.25) is 4.79 Å². The van der Waals surface area contributed by atoms with Crippen molar-refractivity contribution in [1.82, 2.24) is 0 Å². The number of amides is 1. The molecule has 2 aromatic rings. The second-order valence-corrected chi connectivity index (χ2v) is 5.36. The van der Waals surface area contributed by atoms with E-state index in [1.54, 1.807) is 37.1 Å². The maximum Gasteiger partial charge on any atom is 0.248 e. The summed E-state index contributed by atoms with van der Waals surface area (Å²) in [5.74, 6) is 0.228. The van der Waals surface area contributed by atoms with E-state index in [2.05, 4.69) is 29.6 Å². The maximum absolute atomic E-state index is 11.2. The molecule has 0 spiro atoms. The van der Waals surface area contributed by atoms with Crippen LogP contribution in [0.5, 0.6) is 5.75 Å². The lowest BCUT2D eigenvalue weighted by Gasteiger charge is -2.12. The van der Waals surface area contributed by atoms with Crippen LogP contribution in [0.15, 0.2) is 47.4 Å². The Labute approximate surface area is 128 Å². The summed E-state index contributed by atoms with van der Waals surface area (Å²) in [5.41, 5.74) is 7.66. The van der Waals surface area contributed by atoms with Crippen LogP contribution in [0, 0.1) is 0 Å². The monoisotopic (exact) mass is 302 g/mol. The zero-order chi connectivity index (χ0) is 15.2. The summed E-state index contributed by atoms with van der Waals surface area (Å²) < 4.78 is 5.29. The third kappa shape index (κ3) is 3.92. The topological polar surface area (TPSA) is 64.3 Å². The van der Waals surface area contributed by atoms with E-state index >= 15 is 0 Å². The highest BCUT2D eigenvalue weighted by Gasteiger charge is 2.07. The van der Waals surface area contributed by atoms with Crippen molar-refractivity contribution in [2.45, 2.75) is 11.4 Å². The average Bonchev–Trinajstić information content (AvgIpc) is 2.53. The molecule has 0 aliphatic heterocycles. The minimum Gasteiger partial charge on any atom is -0.495 e. The number of benzene rings is 2. The van der Waals surface area contributed by atoms with Crippen molar-refractivity contribution in [2.75, 3.05) is 18.7 Å². The van der Waals surface area contributed by atoms with Crippen LogP contribution in [0.2, 0.25) is 0 Å². The Kier molecular flexibility index (Phi) is 5.11. The lowest BCUT2D eigenvalue weighted by Crippen LogP contribution is -2.11. The molecule has 0 saturated carbocycles. The van der Waals surface area contributed by atoms with E-state index in [0.29, 0.717) is 17.9 Å². The molecule has 0 aliphatic rings. The fraction of sp³-hybridized carbons (Fsp3) is 0.188. The summed E-state index contributed by atoms with van der Waals surface area (Å²) in [6, 6.07) is 13.4. The fourth-order valence-electron chi connectivity index (χ4n) is 1.94. The van der Waals surface area contributed by atoms with Crippen molar-refractivity contribution in [3.05, 3.63) is 53.6 Å². The average molecular weight is 302 g/mol. The van der Waals surface area contributed by atoms with Gasteiger partial charge in [0, 0.05) is 17.0 Å². The standard InChI is InChI=1S/C16H18N2O2S/c1-20-15-8-5-12(16(17)19)9-14(15)18-10-11-3-6-13(21-2)7-4-11/h3-9,18H,10H2,1-2H3,(H2,17,19). The second-order valence-electron chi connectivity index (χ2n) is 4.48. The van der Waals surface area contributed by atoms with Gasteiger partial charge in [0.1, 0.15) is 5.75 Å². The molecule has 110 valence electrons. The van der Waals surface area contributed by atoms with E-state index in [9.17, 15) is 4.79 Å². The first-order chi connectivity index (χ1) is 10.1. The number of ether oxygens (including phenoxy) is 1. The summed E-state index contributed by atoms with van der Waals surface area (Å²) in [7, 11) is 1.59. The number of thioether (sulfide) groups is 1. The van der Waals surface area contributed by atoms with E-state index in [1.807, 2.05) is 6.26 Å². The van der Waals surface area contributed by atoms with Crippen LogP contribution in [-0.4, -0.2) is 19.3 Å². The number of hydrogen-bond donors (Lipinski definition) is 2. The molecule has 0 heterocycles. The molecular weight excluding hydrogens is 284 g/mol. The molecule has 0 fully saturated rings. The van der Waals surface area contributed by atoms with Gasteiger partial charge < -0.3 is 15.8 Å². The molecular formula is C16H18N2O2S. The Morgan fingerprint density at radius 1 is 1.24 bits per heavy atom. The maximum atomic E-state index is 11.2. The summed E-state index contributed by atoms with van der Waals surface area (Å²) in [5, 5.41) is 3.27. The predicted molar refractivity (Wildman–Crippen MR) is 87.1 cm³/mol. The molecule has 2 rings (SSSR count). The van der Waals surface area contributed by atoms with Crippen LogP contribution in [0.1, 0.15) is 15.9 Å². The van der Waals surface area contributed by atoms with Crippen LogP contribution in [0.3, 0.4) is 0 Å². The zero-order valence-corrected chi connectivity index (χ0v) is 12.9. The molecule has 5 heteroatoms. The number of anilines is 1. The van der Waals surface area contributed by atoms with E-state index in [4.69, 9.17) is 10.5 Å². The Bertz CT molecular complexity index is 627. The van der Waals surface area contributed by atoms with Gasteiger partial charge in [0.25, 0.3) is 0 Å². The van der Waals surface area contributed by atoms with Crippen LogP contribution in [0.4, 0.5) is 5.69 Å². The van der Waals surface area contributed by atoms with Gasteiger partial charge in [-0.1, -0.05) is 12.1 Å². The van der Waals surface area contributed by atoms with Gasteiger partial charge in [0.05, 0.1) is 12.8 Å². The largest absolute Gasteiger partial charge is 0.495 e. The van der Waals surface area contributed by atoms with Crippen molar-refractivity contribution in [2.24, 2.45) is 5.73 Å². The molecule has 0 unspecified atom stereocenters. The highest BCUT2D eigenvalue weighted by molar-refractivity contribution is 7.98. The highest BCUT2D eigenvalue weighted by atomic mass is 32.2. The smallest absolute Gasteiger partial charge is 0.248 e. The third-order valence-corrected chi connectivity index (χ3v) is 3.87. The third-order valence-electron chi connectivity index (χ3n) is 3.13. The van der Waals surface area contributed by atoms with Gasteiger partial charge >= 0.3 is 0 Å². The molecule has 3 N–H and O–H groups in total. The second kappa shape index (κ2) is 7.04. The molecule has 0 saturated heterocycles. The fourth-order valence-corrected chi connectivity index (χ4v) is 2.35. The highest BCUT2D eigenvalue weighted by Crippen LogP contribution is 2.26. The van der Waals surface area contributed by atoms with Crippen LogP contribution >= 0.6 is 11.8 Å². The number of primary amides is 1. The molecule has 1 amide bonds. The molecule has 0 radical (unpaired) electrons. The first kappa shape index (κ1) is 15.3. The molecule has 0 aromatic heterocycles. The van der Waals surface area contributed by atoms with Crippen LogP contribution in [0.25, 0.3) is 0 Å². The first-order valence-electron chi connectivity index (χ1n) is 6.48. The van der Waals surface area contributed by atoms with E-state index < -0.39 is 5.91 Å². The molecule has 0 bridgehead atoms. The minimum absolute atomic E-state index is 0.454. The summed E-state index contributed by atoms with van der Waals surface area (Å²) in [6.45, 7) is 0.646. The Morgan fingerprint density at radius 3 is 2.52 bits per heavy atom. The van der Waals surface area contributed by atoms with Crippen molar-refractivity contribution in [1.29, 1.82) is 0 Å². The lowest BCUT2D eigenvalue weighted by atomic mass is 10.1. The molecule has 21 heavy (non-hydrogen) atoms. The molecule has 0 aliphatic carbocycles. The Hall–Kier alpha value is -2.14. The molecule has 4 nitrogen and oxygen atoms in total. The van der Waals surface area contributed by atoms with Crippen molar-refractivity contribution < 1.29 is 9.53 Å². The van der Waals surface area contributed by atoms with Crippen molar-refractivity contribution in [3.8, 4) is 5.75 Å². The summed E-state index contributed by atoms with van der Waals surface area (Å²) in [4.78, 5) is 12.5. The molecule has 0 atom stereocenters. The lowest BCUT2D eigenvalue weighted by molar-refractivity contribution is 0.100. The van der Waals surface area contributed by atoms with Gasteiger partial charge in [-0.05, 0) is 42.2 Å². The first-order valence-corrected chi connectivity index (χ1v) is 7.71. The van der Waals surface area contributed by atoms with E-state index in [0.717, 1.165) is 11.3 Å². The van der Waals surface area contributed by atoms with Crippen molar-refractivity contribution in [3.63, 3.8) is 0 Å². The SMILES string of the molecule is COc1ccc(C(N)=O)cc1NCc1ccc(SC)cc1. The van der Waals surface area contributed by atoms with Gasteiger partial charge in [0.15, 0.2) is 0 Å². The quantitative estimate of drug-likeness (QED) is 0.805. The number of carbonyl (C=O) groups is 1. The van der Waals surface area contributed by atoms with E-state index in [-0.39, 0.29) is 0 Å². The van der Waals surface area contributed by atoms with Gasteiger partial charge in [-0.25, -0.2) is 0 Å². The Morgan fingerprint density at radius 2 is 1.95 bits per heavy atom. The normalized spacial score (nSPS) is 10.2. The summed E-state index contributed by atoms with van der Waals surface area (Å²) >= 11 is 1.71. The number of rotatable bonds is 6. The van der Waals surface area contributed by atoms with Crippen molar-refractivity contribution >= 4 is 23.4 Å². The number of methoxy groups -OCH3 is 1. The van der Waals surface area contributed by atoms with Gasteiger partial charge in [-0.2, -0.15) is 0 Å². The minimum atomic E-state index is -0.454. The predicted octanol–water partition coefficient (Wildman–Crippen LogP) is 3.13. The number of carbonyl (C=O) groups excluding carboxylic acids is 1. The number of hydrogen-bond acceptors (Lipinski definition) is 4. The number of nitrogens with two attached hydrogens (primary N) is 1. The van der Waals surface area contributed by atoms with Crippen LogP contribution < -0.4 is 15.8 Å². The number of nitrogens with one attached hydrogen (secondary N) is 1. The Balaban J connectivity index is 2.13. The summed E-state index contributed by atoms with van der Waals surface area (Å²) in [6.07, 6.45) is 2.05.